The van der Waals surface area contributed by atoms with Crippen molar-refractivity contribution in [1.29, 1.82) is 0 Å². The molecular weight excluding hydrogens is 418 g/mol. The number of halogens is 1. The van der Waals surface area contributed by atoms with Gasteiger partial charge in [0, 0.05) is 15.6 Å². The van der Waals surface area contributed by atoms with Crippen molar-refractivity contribution in [1.82, 2.24) is 16.1 Å². The highest BCUT2D eigenvalue weighted by molar-refractivity contribution is 9.10. The molecule has 154 valence electrons. The molecule has 0 radical (unpaired) electrons. The summed E-state index contributed by atoms with van der Waals surface area (Å²) in [7, 11) is 0. The normalized spacial score (nSPS) is 11.6. The number of hydroxylamine groups is 1. The van der Waals surface area contributed by atoms with Crippen LogP contribution in [-0.2, 0) is 14.4 Å². The Morgan fingerprint density at radius 1 is 1.11 bits per heavy atom. The van der Waals surface area contributed by atoms with Gasteiger partial charge in [-0.15, -0.1) is 0 Å². The van der Waals surface area contributed by atoms with Gasteiger partial charge in [-0.3, -0.25) is 19.6 Å². The summed E-state index contributed by atoms with van der Waals surface area (Å²) in [5.41, 5.74) is 1.93. The molecule has 0 saturated heterocycles. The van der Waals surface area contributed by atoms with E-state index in [0.717, 1.165) is 4.47 Å². The first-order valence-corrected chi connectivity index (χ1v) is 8.87. The summed E-state index contributed by atoms with van der Waals surface area (Å²) in [6, 6.07) is 7.37. The average molecular weight is 448 g/mol. The van der Waals surface area contributed by atoms with Crippen LogP contribution in [0.1, 0.15) is 40.2 Å². The van der Waals surface area contributed by atoms with E-state index in [1.165, 1.54) is 5.56 Å². The smallest absolute Gasteiger partial charge is 0.290 e. The van der Waals surface area contributed by atoms with Gasteiger partial charge in [-0.25, -0.2) is 5.48 Å². The number of carbonyl (C=O) groups excluding carboxylic acids is 2. The Hall–Kier alpha value is -1.97. The lowest BCUT2D eigenvalue weighted by Crippen LogP contribution is -2.65. The number of carboxylic acid groups (broad SMARTS) is 1. The van der Waals surface area contributed by atoms with E-state index in [-0.39, 0.29) is 12.0 Å². The van der Waals surface area contributed by atoms with E-state index in [4.69, 9.17) is 15.1 Å². The van der Waals surface area contributed by atoms with Gasteiger partial charge in [0.25, 0.3) is 12.4 Å². The third kappa shape index (κ3) is 13.8. The third-order valence-corrected chi connectivity index (χ3v) is 3.57. The quantitative estimate of drug-likeness (QED) is 0.267. The first kappa shape index (κ1) is 27.3. The van der Waals surface area contributed by atoms with Gasteiger partial charge < -0.3 is 15.7 Å². The molecule has 0 aliphatic heterocycles. The molecule has 0 spiro atoms. The maximum Gasteiger partial charge on any atom is 0.290 e. The summed E-state index contributed by atoms with van der Waals surface area (Å²) in [4.78, 5) is 30.2. The molecule has 0 fully saturated rings. The molecule has 1 atom stereocenters. The molecule has 1 unspecified atom stereocenters. The van der Waals surface area contributed by atoms with Crippen LogP contribution in [0, 0.1) is 6.92 Å². The zero-order valence-corrected chi connectivity index (χ0v) is 18.1. The number of hydrogen-bond acceptors (Lipinski definition) is 5. The Labute approximate surface area is 168 Å². The minimum Gasteiger partial charge on any atom is -0.483 e. The summed E-state index contributed by atoms with van der Waals surface area (Å²) in [6.45, 7) is 11.2. The lowest BCUT2D eigenvalue weighted by atomic mass is 9.90. The van der Waals surface area contributed by atoms with Gasteiger partial charge >= 0.3 is 0 Å². The van der Waals surface area contributed by atoms with Crippen molar-refractivity contribution in [3.05, 3.63) is 34.3 Å². The van der Waals surface area contributed by atoms with Gasteiger partial charge in [0.05, 0.1) is 0 Å². The maximum absolute atomic E-state index is 11.4. The zero-order chi connectivity index (χ0) is 21.7. The first-order chi connectivity index (χ1) is 12.3. The van der Waals surface area contributed by atoms with Crippen molar-refractivity contribution in [2.45, 2.75) is 58.7 Å². The Balaban J connectivity index is 0. The summed E-state index contributed by atoms with van der Waals surface area (Å²) in [6.07, 6.45) is 0.437. The van der Waals surface area contributed by atoms with Gasteiger partial charge in [-0.1, -0.05) is 33.6 Å². The minimum absolute atomic E-state index is 0.220. The van der Waals surface area contributed by atoms with Crippen LogP contribution in [0.4, 0.5) is 0 Å². The highest BCUT2D eigenvalue weighted by Crippen LogP contribution is 2.15. The predicted octanol–water partition coefficient (Wildman–Crippen LogP) is 2.23. The molecule has 5 N–H and O–H groups in total. The maximum atomic E-state index is 11.4. The second kappa shape index (κ2) is 13.2. The number of amides is 2. The molecule has 0 aliphatic rings. The number of benzene rings is 1. The van der Waals surface area contributed by atoms with Gasteiger partial charge in [0.1, 0.15) is 6.04 Å². The summed E-state index contributed by atoms with van der Waals surface area (Å²) < 4.78 is 1.14. The largest absolute Gasteiger partial charge is 0.483 e. The monoisotopic (exact) mass is 447 g/mol. The van der Waals surface area contributed by atoms with Crippen LogP contribution in [0.25, 0.3) is 0 Å². The molecule has 9 heteroatoms. The van der Waals surface area contributed by atoms with Crippen LogP contribution in [0.3, 0.4) is 0 Å². The number of aryl methyl sites for hydroxylation is 1. The van der Waals surface area contributed by atoms with Crippen molar-refractivity contribution in [2.75, 3.05) is 0 Å². The summed E-state index contributed by atoms with van der Waals surface area (Å²) in [5, 5.41) is 21.1. The molecule has 0 aliphatic carbocycles. The van der Waals surface area contributed by atoms with E-state index >= 15 is 0 Å². The average Bonchev–Trinajstić information content (AvgIpc) is 2.53. The van der Waals surface area contributed by atoms with Crippen molar-refractivity contribution in [3.63, 3.8) is 0 Å². The van der Waals surface area contributed by atoms with Crippen molar-refractivity contribution in [2.24, 2.45) is 0 Å². The highest BCUT2D eigenvalue weighted by atomic mass is 79.9. The fourth-order valence-electron chi connectivity index (χ4n) is 2.32. The van der Waals surface area contributed by atoms with Crippen molar-refractivity contribution < 1.29 is 24.7 Å². The first-order valence-electron chi connectivity index (χ1n) is 8.07. The molecule has 8 nitrogen and oxygen atoms in total. The number of nitrogens with one attached hydrogen (secondary N) is 3. The predicted molar refractivity (Wildman–Crippen MR) is 107 cm³/mol. The fraction of sp³-hybridized carbons (Fsp3) is 0.500. The van der Waals surface area contributed by atoms with Crippen LogP contribution in [0.2, 0.25) is 0 Å². The van der Waals surface area contributed by atoms with Crippen molar-refractivity contribution in [3.8, 4) is 0 Å². The Kier molecular flexibility index (Phi) is 13.4. The SMILES string of the molecule is CC(C)(C)NC(C)(C)C(NC=O)C(=O)NO.Cc1ccc(Br)cc1.O=CO. The summed E-state index contributed by atoms with van der Waals surface area (Å²) in [5.74, 6) is -0.658. The molecule has 0 bridgehead atoms. The van der Waals surface area contributed by atoms with E-state index in [1.807, 2.05) is 32.9 Å². The Morgan fingerprint density at radius 2 is 1.56 bits per heavy atom. The lowest BCUT2D eigenvalue weighted by Gasteiger charge is -2.39. The lowest BCUT2D eigenvalue weighted by molar-refractivity contribution is -0.135. The van der Waals surface area contributed by atoms with Gasteiger partial charge in [-0.2, -0.15) is 0 Å². The molecular formula is C18H30BrN3O5. The highest BCUT2D eigenvalue weighted by Gasteiger charge is 2.37. The van der Waals surface area contributed by atoms with Crippen molar-refractivity contribution >= 4 is 34.7 Å². The molecule has 0 saturated carbocycles. The van der Waals surface area contributed by atoms with Crippen LogP contribution in [-0.4, -0.2) is 46.2 Å². The van der Waals surface area contributed by atoms with Crippen LogP contribution >= 0.6 is 15.9 Å². The van der Waals surface area contributed by atoms with E-state index < -0.39 is 17.5 Å². The standard InChI is InChI=1S/C10H21N3O3.C7H7Br.CH2O2/c1-9(2,3)13-10(4,5)7(11-6-14)8(15)12-16;1-6-2-4-7(8)5-3-6;2-1-3/h6-7,13,16H,1-5H3,(H,11,14)(H,12,15);2-5H,1H3;1H,(H,2,3). The van der Waals surface area contributed by atoms with E-state index in [0.29, 0.717) is 6.41 Å². The number of rotatable bonds is 5. The van der Waals surface area contributed by atoms with Gasteiger partial charge in [-0.05, 0) is 53.7 Å². The van der Waals surface area contributed by atoms with Gasteiger partial charge in [0.15, 0.2) is 0 Å². The van der Waals surface area contributed by atoms with Crippen LogP contribution in [0.15, 0.2) is 28.7 Å². The molecule has 2 amide bonds. The minimum atomic E-state index is -0.853. The molecule has 1 rings (SSSR count). The summed E-state index contributed by atoms with van der Waals surface area (Å²) >= 11 is 3.35. The molecule has 0 heterocycles. The zero-order valence-electron chi connectivity index (χ0n) is 16.5. The molecule has 27 heavy (non-hydrogen) atoms. The molecule has 1 aromatic carbocycles. The van der Waals surface area contributed by atoms with Crippen LogP contribution < -0.4 is 16.1 Å². The third-order valence-electron chi connectivity index (χ3n) is 3.04. The number of hydrogen-bond donors (Lipinski definition) is 5. The Morgan fingerprint density at radius 3 is 1.85 bits per heavy atom. The molecule has 1 aromatic rings. The van der Waals surface area contributed by atoms with E-state index in [9.17, 15) is 9.59 Å². The fourth-order valence-corrected chi connectivity index (χ4v) is 2.58. The topological polar surface area (TPSA) is 128 Å². The second-order valence-electron chi connectivity index (χ2n) is 7.19. The Bertz CT molecular complexity index is 550. The second-order valence-corrected chi connectivity index (χ2v) is 8.11. The van der Waals surface area contributed by atoms with E-state index in [2.05, 4.69) is 45.6 Å². The number of carbonyl (C=O) groups is 3. The van der Waals surface area contributed by atoms with Crippen LogP contribution in [0.5, 0.6) is 0 Å². The van der Waals surface area contributed by atoms with Gasteiger partial charge in [0.2, 0.25) is 6.41 Å². The van der Waals surface area contributed by atoms with E-state index in [1.54, 1.807) is 19.3 Å². The molecule has 0 aromatic heterocycles.